The van der Waals surface area contributed by atoms with Crippen molar-refractivity contribution in [3.63, 3.8) is 0 Å². The first kappa shape index (κ1) is 16.5. The number of carbonyl (C=O) groups excluding carboxylic acids is 2. The van der Waals surface area contributed by atoms with E-state index in [4.69, 9.17) is 21.6 Å². The van der Waals surface area contributed by atoms with Crippen LogP contribution in [0.3, 0.4) is 0 Å². The summed E-state index contributed by atoms with van der Waals surface area (Å²) in [6.07, 6.45) is 0. The Labute approximate surface area is 136 Å². The van der Waals surface area contributed by atoms with Gasteiger partial charge in [-0.25, -0.2) is 9.18 Å². The molecule has 0 heterocycles. The number of anilines is 1. The van der Waals surface area contributed by atoms with Crippen molar-refractivity contribution < 1.29 is 18.7 Å². The number of rotatable bonds is 4. The second kappa shape index (κ2) is 7.38. The highest BCUT2D eigenvalue weighted by Gasteiger charge is 2.15. The fraction of sp³-hybridized carbons (Fsp3) is 0.0625. The molecule has 0 aromatic heterocycles. The lowest BCUT2D eigenvalue weighted by Gasteiger charge is -2.07. The van der Waals surface area contributed by atoms with E-state index in [0.29, 0.717) is 10.7 Å². The zero-order valence-corrected chi connectivity index (χ0v) is 12.4. The number of amides is 1. The highest BCUT2D eigenvalue weighted by atomic mass is 35.5. The summed E-state index contributed by atoms with van der Waals surface area (Å²) in [5, 5.41) is 11.6. The molecule has 23 heavy (non-hydrogen) atoms. The van der Waals surface area contributed by atoms with E-state index in [1.165, 1.54) is 12.1 Å². The number of ether oxygens (including phenoxy) is 1. The van der Waals surface area contributed by atoms with Crippen LogP contribution >= 0.6 is 11.6 Å². The average molecular weight is 333 g/mol. The third kappa shape index (κ3) is 4.53. The fourth-order valence-corrected chi connectivity index (χ4v) is 1.91. The van der Waals surface area contributed by atoms with Gasteiger partial charge in [0.2, 0.25) is 0 Å². The maximum absolute atomic E-state index is 13.6. The van der Waals surface area contributed by atoms with Gasteiger partial charge in [0.05, 0.1) is 17.2 Å². The van der Waals surface area contributed by atoms with E-state index in [0.717, 1.165) is 12.1 Å². The number of halogens is 2. The van der Waals surface area contributed by atoms with E-state index >= 15 is 0 Å². The zero-order chi connectivity index (χ0) is 16.8. The minimum atomic E-state index is -0.992. The molecule has 2 rings (SSSR count). The Morgan fingerprint density at radius 1 is 1.26 bits per heavy atom. The molecule has 5 nitrogen and oxygen atoms in total. The third-order valence-electron chi connectivity index (χ3n) is 2.76. The Bertz CT molecular complexity index is 802. The predicted molar refractivity (Wildman–Crippen MR) is 81.5 cm³/mol. The minimum absolute atomic E-state index is 0.0812. The van der Waals surface area contributed by atoms with Crippen LogP contribution in [0.15, 0.2) is 42.5 Å². The molecule has 2 aromatic carbocycles. The fourth-order valence-electron chi connectivity index (χ4n) is 1.72. The van der Waals surface area contributed by atoms with Crippen molar-refractivity contribution in [3.8, 4) is 6.07 Å². The SMILES string of the molecule is N#Cc1ccc(C(=O)OCC(=O)Nc2cccc(Cl)c2)c(F)c1. The van der Waals surface area contributed by atoms with Crippen molar-refractivity contribution in [2.75, 3.05) is 11.9 Å². The second-order valence-electron chi connectivity index (χ2n) is 4.44. The van der Waals surface area contributed by atoms with E-state index in [-0.39, 0.29) is 11.1 Å². The van der Waals surface area contributed by atoms with Crippen LogP contribution in [-0.4, -0.2) is 18.5 Å². The van der Waals surface area contributed by atoms with Crippen LogP contribution in [-0.2, 0) is 9.53 Å². The van der Waals surface area contributed by atoms with Gasteiger partial charge in [-0.05, 0) is 36.4 Å². The molecular weight excluding hydrogens is 323 g/mol. The van der Waals surface area contributed by atoms with Crippen LogP contribution in [0.5, 0.6) is 0 Å². The van der Waals surface area contributed by atoms with E-state index in [2.05, 4.69) is 5.32 Å². The van der Waals surface area contributed by atoms with Gasteiger partial charge in [0.15, 0.2) is 6.61 Å². The summed E-state index contributed by atoms with van der Waals surface area (Å²) in [6, 6.07) is 11.5. The van der Waals surface area contributed by atoms with Gasteiger partial charge in [-0.3, -0.25) is 4.79 Å². The molecule has 0 unspecified atom stereocenters. The lowest BCUT2D eigenvalue weighted by Crippen LogP contribution is -2.21. The lowest BCUT2D eigenvalue weighted by molar-refractivity contribution is -0.119. The van der Waals surface area contributed by atoms with Gasteiger partial charge in [0.25, 0.3) is 5.91 Å². The Hall–Kier alpha value is -2.91. The molecule has 0 aliphatic carbocycles. The van der Waals surface area contributed by atoms with E-state index < -0.39 is 24.3 Å². The van der Waals surface area contributed by atoms with Crippen LogP contribution in [0, 0.1) is 17.1 Å². The monoisotopic (exact) mass is 332 g/mol. The number of esters is 1. The summed E-state index contributed by atoms with van der Waals surface area (Å²) < 4.78 is 18.4. The minimum Gasteiger partial charge on any atom is -0.452 e. The highest BCUT2D eigenvalue weighted by Crippen LogP contribution is 2.15. The molecule has 0 bridgehead atoms. The van der Waals surface area contributed by atoms with E-state index in [9.17, 15) is 14.0 Å². The number of nitrogens with one attached hydrogen (secondary N) is 1. The van der Waals surface area contributed by atoms with E-state index in [1.807, 2.05) is 0 Å². The molecule has 0 saturated carbocycles. The molecule has 1 N–H and O–H groups in total. The van der Waals surface area contributed by atoms with Gasteiger partial charge < -0.3 is 10.1 Å². The molecular formula is C16H10ClFN2O3. The summed E-state index contributed by atoms with van der Waals surface area (Å²) >= 11 is 5.78. The molecule has 7 heteroatoms. The smallest absolute Gasteiger partial charge is 0.341 e. The summed E-state index contributed by atoms with van der Waals surface area (Å²) in [5.41, 5.74) is 0.181. The standard InChI is InChI=1S/C16H10ClFN2O3/c17-11-2-1-3-12(7-11)20-15(21)9-23-16(22)13-5-4-10(8-19)6-14(13)18/h1-7H,9H2,(H,20,21). The molecule has 0 aliphatic heterocycles. The second-order valence-corrected chi connectivity index (χ2v) is 4.88. The maximum Gasteiger partial charge on any atom is 0.341 e. The Morgan fingerprint density at radius 2 is 2.04 bits per heavy atom. The number of benzene rings is 2. The number of nitriles is 1. The quantitative estimate of drug-likeness (QED) is 0.872. The molecule has 0 aliphatic rings. The van der Waals surface area contributed by atoms with Gasteiger partial charge >= 0.3 is 5.97 Å². The van der Waals surface area contributed by atoms with Crippen molar-refractivity contribution in [1.29, 1.82) is 5.26 Å². The van der Waals surface area contributed by atoms with Crippen LogP contribution in [0.1, 0.15) is 15.9 Å². The molecule has 0 atom stereocenters. The Kier molecular flexibility index (Phi) is 5.28. The number of hydrogen-bond acceptors (Lipinski definition) is 4. The molecule has 0 fully saturated rings. The normalized spacial score (nSPS) is 9.78. The highest BCUT2D eigenvalue weighted by molar-refractivity contribution is 6.30. The van der Waals surface area contributed by atoms with Gasteiger partial charge in [-0.1, -0.05) is 17.7 Å². The van der Waals surface area contributed by atoms with Crippen LogP contribution in [0.2, 0.25) is 5.02 Å². The Balaban J connectivity index is 1.94. The van der Waals surface area contributed by atoms with Crippen molar-refractivity contribution in [1.82, 2.24) is 0 Å². The van der Waals surface area contributed by atoms with Crippen LogP contribution < -0.4 is 5.32 Å². The average Bonchev–Trinajstić information content (AvgIpc) is 2.52. The molecule has 116 valence electrons. The zero-order valence-electron chi connectivity index (χ0n) is 11.7. The van der Waals surface area contributed by atoms with Crippen molar-refractivity contribution >= 4 is 29.2 Å². The topological polar surface area (TPSA) is 79.2 Å². The first-order valence-corrected chi connectivity index (χ1v) is 6.79. The number of carbonyl (C=O) groups is 2. The van der Waals surface area contributed by atoms with Gasteiger partial charge in [-0.2, -0.15) is 5.26 Å². The molecule has 0 spiro atoms. The number of nitrogens with zero attached hydrogens (tertiary/aromatic N) is 1. The maximum atomic E-state index is 13.6. The van der Waals surface area contributed by atoms with Crippen molar-refractivity contribution in [2.45, 2.75) is 0 Å². The van der Waals surface area contributed by atoms with E-state index in [1.54, 1.807) is 24.3 Å². The predicted octanol–water partition coefficient (Wildman–Crippen LogP) is 3.15. The molecule has 1 amide bonds. The largest absolute Gasteiger partial charge is 0.452 e. The van der Waals surface area contributed by atoms with Gasteiger partial charge in [0.1, 0.15) is 5.82 Å². The Morgan fingerprint density at radius 3 is 2.70 bits per heavy atom. The summed E-state index contributed by atoms with van der Waals surface area (Å²) in [4.78, 5) is 23.4. The van der Waals surface area contributed by atoms with Crippen LogP contribution in [0.4, 0.5) is 10.1 Å². The third-order valence-corrected chi connectivity index (χ3v) is 3.00. The molecule has 2 aromatic rings. The lowest BCUT2D eigenvalue weighted by atomic mass is 10.1. The van der Waals surface area contributed by atoms with Gasteiger partial charge in [0, 0.05) is 10.7 Å². The number of hydrogen-bond donors (Lipinski definition) is 1. The first-order chi connectivity index (χ1) is 11.0. The summed E-state index contributed by atoms with van der Waals surface area (Å²) in [5.74, 6) is -2.47. The first-order valence-electron chi connectivity index (χ1n) is 6.42. The van der Waals surface area contributed by atoms with Crippen molar-refractivity contribution in [2.24, 2.45) is 0 Å². The summed E-state index contributed by atoms with van der Waals surface area (Å²) in [6.45, 7) is -0.579. The summed E-state index contributed by atoms with van der Waals surface area (Å²) in [7, 11) is 0. The molecule has 0 saturated heterocycles. The van der Waals surface area contributed by atoms with Crippen molar-refractivity contribution in [3.05, 3.63) is 64.4 Å². The molecule has 0 radical (unpaired) electrons. The van der Waals surface area contributed by atoms with Gasteiger partial charge in [-0.15, -0.1) is 0 Å². The van der Waals surface area contributed by atoms with Crippen LogP contribution in [0.25, 0.3) is 0 Å².